The summed E-state index contributed by atoms with van der Waals surface area (Å²) in [6, 6.07) is 0. The molecule has 0 saturated heterocycles. The van der Waals surface area contributed by atoms with Gasteiger partial charge in [0.2, 0.25) is 0 Å². The van der Waals surface area contributed by atoms with Gasteiger partial charge in [-0.05, 0) is 49.9 Å². The molecule has 0 radical (unpaired) electrons. The maximum Gasteiger partial charge on any atom is 0.0804 e. The third-order valence-electron chi connectivity index (χ3n) is 4.11. The lowest BCUT2D eigenvalue weighted by Crippen LogP contribution is -2.44. The zero-order valence-corrected chi connectivity index (χ0v) is 12.2. The van der Waals surface area contributed by atoms with E-state index < -0.39 is 0 Å². The van der Waals surface area contributed by atoms with Gasteiger partial charge in [0.05, 0.1) is 5.60 Å². The van der Waals surface area contributed by atoms with Gasteiger partial charge in [0.1, 0.15) is 0 Å². The zero-order chi connectivity index (χ0) is 12.9. The molecular formula is C15H31NO. The van der Waals surface area contributed by atoms with E-state index in [0.29, 0.717) is 12.5 Å². The summed E-state index contributed by atoms with van der Waals surface area (Å²) in [5, 5.41) is 0. The van der Waals surface area contributed by atoms with Gasteiger partial charge in [-0.15, -0.1) is 0 Å². The van der Waals surface area contributed by atoms with Crippen LogP contribution in [0, 0.1) is 17.8 Å². The SMILES string of the molecule is CC(C)CC(C)COC1(CN)CCC(C)CC1. The molecule has 2 nitrogen and oxygen atoms in total. The van der Waals surface area contributed by atoms with E-state index in [9.17, 15) is 0 Å². The Balaban J connectivity index is 2.36. The second-order valence-corrected chi connectivity index (χ2v) is 6.62. The van der Waals surface area contributed by atoms with Crippen LogP contribution in [0.4, 0.5) is 0 Å². The molecule has 1 atom stereocenters. The van der Waals surface area contributed by atoms with Gasteiger partial charge in [0, 0.05) is 13.2 Å². The normalized spacial score (nSPS) is 31.8. The molecule has 1 rings (SSSR count). The third-order valence-corrected chi connectivity index (χ3v) is 4.11. The number of rotatable bonds is 6. The Labute approximate surface area is 107 Å². The van der Waals surface area contributed by atoms with Crippen molar-refractivity contribution in [3.63, 3.8) is 0 Å². The number of nitrogens with two attached hydrogens (primary N) is 1. The fourth-order valence-corrected chi connectivity index (χ4v) is 2.89. The maximum atomic E-state index is 6.21. The first-order chi connectivity index (χ1) is 7.97. The molecule has 1 fully saturated rings. The molecule has 0 aliphatic heterocycles. The van der Waals surface area contributed by atoms with Crippen LogP contribution in [0.5, 0.6) is 0 Å². The molecule has 1 saturated carbocycles. The van der Waals surface area contributed by atoms with Gasteiger partial charge in [0.25, 0.3) is 0 Å². The molecule has 0 amide bonds. The number of ether oxygens (including phenoxy) is 1. The summed E-state index contributed by atoms with van der Waals surface area (Å²) in [5.74, 6) is 2.26. The molecule has 0 spiro atoms. The molecule has 1 aliphatic carbocycles. The average Bonchev–Trinajstić information content (AvgIpc) is 2.28. The number of hydrogen-bond donors (Lipinski definition) is 1. The van der Waals surface area contributed by atoms with Gasteiger partial charge in [-0.3, -0.25) is 0 Å². The van der Waals surface area contributed by atoms with Crippen LogP contribution in [0.25, 0.3) is 0 Å². The molecule has 1 aliphatic rings. The molecule has 0 aromatic heterocycles. The van der Waals surface area contributed by atoms with E-state index >= 15 is 0 Å². The van der Waals surface area contributed by atoms with Crippen molar-refractivity contribution in [3.8, 4) is 0 Å². The Morgan fingerprint density at radius 2 is 1.82 bits per heavy atom. The molecule has 0 bridgehead atoms. The van der Waals surface area contributed by atoms with Crippen molar-refractivity contribution in [1.82, 2.24) is 0 Å². The third kappa shape index (κ3) is 4.97. The summed E-state index contributed by atoms with van der Waals surface area (Å²) in [6.45, 7) is 10.7. The van der Waals surface area contributed by atoms with Gasteiger partial charge in [-0.2, -0.15) is 0 Å². The fourth-order valence-electron chi connectivity index (χ4n) is 2.89. The molecule has 102 valence electrons. The largest absolute Gasteiger partial charge is 0.373 e. The molecule has 0 aromatic carbocycles. The summed E-state index contributed by atoms with van der Waals surface area (Å²) in [7, 11) is 0. The molecule has 2 heteroatoms. The topological polar surface area (TPSA) is 35.2 Å². The van der Waals surface area contributed by atoms with Crippen molar-refractivity contribution in [1.29, 1.82) is 0 Å². The number of hydrogen-bond acceptors (Lipinski definition) is 2. The first-order valence-corrected chi connectivity index (χ1v) is 7.31. The molecular weight excluding hydrogens is 210 g/mol. The van der Waals surface area contributed by atoms with Crippen LogP contribution in [-0.2, 0) is 4.74 Å². The van der Waals surface area contributed by atoms with Crippen LogP contribution < -0.4 is 5.73 Å². The monoisotopic (exact) mass is 241 g/mol. The van der Waals surface area contributed by atoms with Gasteiger partial charge in [-0.25, -0.2) is 0 Å². The summed E-state index contributed by atoms with van der Waals surface area (Å²) < 4.78 is 6.21. The van der Waals surface area contributed by atoms with Crippen molar-refractivity contribution >= 4 is 0 Å². The van der Waals surface area contributed by atoms with E-state index in [1.165, 1.54) is 19.3 Å². The van der Waals surface area contributed by atoms with Crippen LogP contribution in [-0.4, -0.2) is 18.8 Å². The lowest BCUT2D eigenvalue weighted by molar-refractivity contribution is -0.0827. The predicted octanol–water partition coefficient (Wildman–Crippen LogP) is 3.59. The second kappa shape index (κ2) is 6.75. The van der Waals surface area contributed by atoms with E-state index in [2.05, 4.69) is 27.7 Å². The summed E-state index contributed by atoms with van der Waals surface area (Å²) in [4.78, 5) is 0. The first kappa shape index (κ1) is 15.0. The molecule has 2 N–H and O–H groups in total. The van der Waals surface area contributed by atoms with Crippen LogP contribution >= 0.6 is 0 Å². The lowest BCUT2D eigenvalue weighted by Gasteiger charge is -2.39. The van der Waals surface area contributed by atoms with Crippen molar-refractivity contribution in [3.05, 3.63) is 0 Å². The van der Waals surface area contributed by atoms with Gasteiger partial charge < -0.3 is 10.5 Å². The van der Waals surface area contributed by atoms with Crippen molar-refractivity contribution < 1.29 is 4.74 Å². The lowest BCUT2D eigenvalue weighted by atomic mass is 9.79. The van der Waals surface area contributed by atoms with Crippen LogP contribution in [0.1, 0.15) is 59.8 Å². The van der Waals surface area contributed by atoms with E-state index in [1.807, 2.05) is 0 Å². The van der Waals surface area contributed by atoms with E-state index in [4.69, 9.17) is 10.5 Å². The smallest absolute Gasteiger partial charge is 0.0804 e. The highest BCUT2D eigenvalue weighted by molar-refractivity contribution is 4.87. The van der Waals surface area contributed by atoms with Crippen molar-refractivity contribution in [2.75, 3.05) is 13.2 Å². The van der Waals surface area contributed by atoms with Crippen molar-refractivity contribution in [2.24, 2.45) is 23.5 Å². The van der Waals surface area contributed by atoms with Gasteiger partial charge >= 0.3 is 0 Å². The van der Waals surface area contributed by atoms with Gasteiger partial charge in [-0.1, -0.05) is 27.7 Å². The highest BCUT2D eigenvalue weighted by Crippen LogP contribution is 2.34. The fraction of sp³-hybridized carbons (Fsp3) is 1.00. The molecule has 0 heterocycles. The van der Waals surface area contributed by atoms with Crippen molar-refractivity contribution in [2.45, 2.75) is 65.4 Å². The highest BCUT2D eigenvalue weighted by atomic mass is 16.5. The molecule has 1 unspecified atom stereocenters. The Kier molecular flexibility index (Phi) is 5.94. The summed E-state index contributed by atoms with van der Waals surface area (Å²) >= 11 is 0. The van der Waals surface area contributed by atoms with Gasteiger partial charge in [0.15, 0.2) is 0 Å². The highest BCUT2D eigenvalue weighted by Gasteiger charge is 2.34. The second-order valence-electron chi connectivity index (χ2n) is 6.62. The minimum absolute atomic E-state index is 0.00223. The zero-order valence-electron chi connectivity index (χ0n) is 12.2. The minimum atomic E-state index is -0.00223. The Hall–Kier alpha value is -0.0800. The Morgan fingerprint density at radius 1 is 1.24 bits per heavy atom. The Morgan fingerprint density at radius 3 is 2.29 bits per heavy atom. The standard InChI is InChI=1S/C15H31NO/c1-12(2)9-14(4)10-17-15(11-16)7-5-13(3)6-8-15/h12-14H,5-11,16H2,1-4H3. The van der Waals surface area contributed by atoms with E-state index in [-0.39, 0.29) is 5.60 Å². The van der Waals surface area contributed by atoms with E-state index in [0.717, 1.165) is 31.3 Å². The Bertz CT molecular complexity index is 207. The average molecular weight is 241 g/mol. The minimum Gasteiger partial charge on any atom is -0.373 e. The molecule has 0 aromatic rings. The summed E-state index contributed by atoms with van der Waals surface area (Å²) in [5.41, 5.74) is 5.94. The quantitative estimate of drug-likeness (QED) is 0.771. The van der Waals surface area contributed by atoms with Crippen LogP contribution in [0.15, 0.2) is 0 Å². The maximum absolute atomic E-state index is 6.21. The first-order valence-electron chi connectivity index (χ1n) is 7.31. The van der Waals surface area contributed by atoms with Crippen LogP contribution in [0.3, 0.4) is 0 Å². The van der Waals surface area contributed by atoms with Crippen LogP contribution in [0.2, 0.25) is 0 Å². The summed E-state index contributed by atoms with van der Waals surface area (Å²) in [6.07, 6.45) is 6.10. The van der Waals surface area contributed by atoms with E-state index in [1.54, 1.807) is 0 Å². The predicted molar refractivity (Wildman–Crippen MR) is 74.0 cm³/mol. The molecule has 17 heavy (non-hydrogen) atoms.